The molecule has 0 unspecified atom stereocenters. The average Bonchev–Trinajstić information content (AvgIpc) is 2.56. The van der Waals surface area contributed by atoms with Crippen LogP contribution < -0.4 is 0 Å². The molecule has 0 aliphatic carbocycles. The van der Waals surface area contributed by atoms with Gasteiger partial charge in [-0.3, -0.25) is 0 Å². The average molecular weight is 407 g/mol. The van der Waals surface area contributed by atoms with Crippen LogP contribution in [0.4, 0.5) is 0 Å². The van der Waals surface area contributed by atoms with Crippen molar-refractivity contribution in [3.63, 3.8) is 0 Å². The number of phenolic OH excluding ortho intramolecular Hbond substituents is 1. The Balaban J connectivity index is 2.44. The molecule has 0 bridgehead atoms. The Bertz CT molecular complexity index is 569. The normalized spacial score (nSPS) is 12.5. The topological polar surface area (TPSA) is 20.2 Å². The molecule has 0 saturated heterocycles. The van der Waals surface area contributed by atoms with Crippen LogP contribution in [0.1, 0.15) is 123 Å². The number of benzene rings is 1. The van der Waals surface area contributed by atoms with Gasteiger partial charge in [0.1, 0.15) is 5.75 Å². The summed E-state index contributed by atoms with van der Waals surface area (Å²) in [6, 6.07) is 4.08. The second-order valence-electron chi connectivity index (χ2n) is 10.6. The molecule has 0 radical (unpaired) electrons. The van der Waals surface area contributed by atoms with E-state index in [0.29, 0.717) is 5.75 Å². The van der Waals surface area contributed by atoms with Gasteiger partial charge in [-0.15, -0.1) is 12.6 Å². The van der Waals surface area contributed by atoms with E-state index in [9.17, 15) is 5.11 Å². The van der Waals surface area contributed by atoms with Gasteiger partial charge in [0.25, 0.3) is 0 Å². The quantitative estimate of drug-likeness (QED) is 0.247. The molecule has 1 rings (SSSR count). The summed E-state index contributed by atoms with van der Waals surface area (Å²) in [4.78, 5) is 1.02. The van der Waals surface area contributed by atoms with Gasteiger partial charge in [-0.1, -0.05) is 99.3 Å². The zero-order valence-corrected chi connectivity index (χ0v) is 20.4. The van der Waals surface area contributed by atoms with Crippen molar-refractivity contribution >= 4 is 12.6 Å². The molecule has 28 heavy (non-hydrogen) atoms. The van der Waals surface area contributed by atoms with Crippen LogP contribution in [-0.2, 0) is 11.8 Å². The van der Waals surface area contributed by atoms with Gasteiger partial charge in [0.2, 0.25) is 0 Å². The van der Waals surface area contributed by atoms with Gasteiger partial charge in [0, 0.05) is 4.90 Å². The molecule has 0 saturated carbocycles. The molecular formula is C26H46OS. The summed E-state index contributed by atoms with van der Waals surface area (Å²) in [6.45, 7) is 13.6. The van der Waals surface area contributed by atoms with Crippen LogP contribution in [0, 0.1) is 5.41 Å². The van der Waals surface area contributed by atoms with Crippen molar-refractivity contribution in [3.8, 4) is 5.75 Å². The molecule has 0 aromatic heterocycles. The smallest absolute Gasteiger partial charge is 0.119 e. The molecule has 0 heterocycles. The van der Waals surface area contributed by atoms with Gasteiger partial charge in [-0.05, 0) is 53.4 Å². The maximum Gasteiger partial charge on any atom is 0.119 e. The lowest BCUT2D eigenvalue weighted by atomic mass is 9.72. The Kier molecular flexibility index (Phi) is 11.0. The number of hydrogen-bond donors (Lipinski definition) is 2. The van der Waals surface area contributed by atoms with E-state index in [4.69, 9.17) is 12.6 Å². The standard InChI is InChI=1S/C26H46OS/c1-7-8-9-10-11-12-13-14-15-16-17-21-18-24(28)22(19-23(21)27)26(5,6)20-25(2,3)4/h18-19,27-28H,7-17,20H2,1-6H3. The SMILES string of the molecule is CCCCCCCCCCCCc1cc(S)c(C(C)(C)CC(C)(C)C)cc1O. The van der Waals surface area contributed by atoms with Crippen molar-refractivity contribution in [2.75, 3.05) is 0 Å². The van der Waals surface area contributed by atoms with Crippen molar-refractivity contribution in [1.29, 1.82) is 0 Å². The molecule has 1 aromatic carbocycles. The lowest BCUT2D eigenvalue weighted by Gasteiger charge is -2.34. The van der Waals surface area contributed by atoms with E-state index < -0.39 is 0 Å². The molecule has 0 aliphatic heterocycles. The summed E-state index contributed by atoms with van der Waals surface area (Å²) in [5.41, 5.74) is 2.46. The molecule has 0 spiro atoms. The van der Waals surface area contributed by atoms with Crippen LogP contribution in [0.3, 0.4) is 0 Å². The number of aryl methyl sites for hydroxylation is 1. The van der Waals surface area contributed by atoms with Gasteiger partial charge in [0.05, 0.1) is 0 Å². The number of hydrogen-bond acceptors (Lipinski definition) is 2. The van der Waals surface area contributed by atoms with E-state index in [2.05, 4.69) is 47.6 Å². The first-order valence-corrected chi connectivity index (χ1v) is 12.1. The number of thiol groups is 1. The van der Waals surface area contributed by atoms with E-state index in [-0.39, 0.29) is 10.8 Å². The van der Waals surface area contributed by atoms with Crippen molar-refractivity contribution in [1.82, 2.24) is 0 Å². The molecule has 1 nitrogen and oxygen atoms in total. The largest absolute Gasteiger partial charge is 0.508 e. The second-order valence-corrected chi connectivity index (χ2v) is 11.0. The van der Waals surface area contributed by atoms with Crippen molar-refractivity contribution in [2.24, 2.45) is 5.41 Å². The van der Waals surface area contributed by atoms with Gasteiger partial charge >= 0.3 is 0 Å². The minimum atomic E-state index is 0.00245. The van der Waals surface area contributed by atoms with Gasteiger partial charge < -0.3 is 5.11 Å². The van der Waals surface area contributed by atoms with E-state index in [0.717, 1.165) is 35.3 Å². The molecule has 1 N–H and O–H groups in total. The summed E-state index contributed by atoms with van der Waals surface area (Å²) in [6.07, 6.45) is 15.4. The van der Waals surface area contributed by atoms with Crippen LogP contribution in [0.25, 0.3) is 0 Å². The highest BCUT2D eigenvalue weighted by molar-refractivity contribution is 7.80. The zero-order chi connectivity index (χ0) is 21.2. The third kappa shape index (κ3) is 9.72. The molecule has 0 amide bonds. The Labute approximate surface area is 181 Å². The highest BCUT2D eigenvalue weighted by Gasteiger charge is 2.29. The van der Waals surface area contributed by atoms with Crippen LogP contribution in [0.2, 0.25) is 0 Å². The lowest BCUT2D eigenvalue weighted by Crippen LogP contribution is -2.25. The molecule has 0 aliphatic rings. The van der Waals surface area contributed by atoms with Gasteiger partial charge in [-0.2, -0.15) is 0 Å². The van der Waals surface area contributed by atoms with Crippen LogP contribution in [-0.4, -0.2) is 5.11 Å². The first kappa shape index (κ1) is 25.4. The minimum absolute atomic E-state index is 0.00245. The Hall–Kier alpha value is -0.630. The Morgan fingerprint density at radius 3 is 1.79 bits per heavy atom. The van der Waals surface area contributed by atoms with Crippen molar-refractivity contribution < 1.29 is 5.11 Å². The molecule has 2 heteroatoms. The summed E-state index contributed by atoms with van der Waals surface area (Å²) in [5, 5.41) is 10.6. The van der Waals surface area contributed by atoms with Crippen LogP contribution in [0.15, 0.2) is 17.0 Å². The summed E-state index contributed by atoms with van der Waals surface area (Å²) in [7, 11) is 0. The summed E-state index contributed by atoms with van der Waals surface area (Å²) in [5.74, 6) is 0.450. The minimum Gasteiger partial charge on any atom is -0.508 e. The highest BCUT2D eigenvalue weighted by Crippen LogP contribution is 2.41. The van der Waals surface area contributed by atoms with Gasteiger partial charge in [-0.25, -0.2) is 0 Å². The van der Waals surface area contributed by atoms with E-state index in [1.54, 1.807) is 0 Å². The fourth-order valence-electron chi connectivity index (χ4n) is 4.59. The number of rotatable bonds is 13. The van der Waals surface area contributed by atoms with E-state index in [1.165, 1.54) is 57.8 Å². The first-order chi connectivity index (χ1) is 13.1. The maximum atomic E-state index is 10.6. The predicted molar refractivity (Wildman–Crippen MR) is 128 cm³/mol. The number of unbranched alkanes of at least 4 members (excludes halogenated alkanes) is 9. The monoisotopic (exact) mass is 406 g/mol. The van der Waals surface area contributed by atoms with Crippen LogP contribution >= 0.6 is 12.6 Å². The van der Waals surface area contributed by atoms with Crippen molar-refractivity contribution in [3.05, 3.63) is 23.3 Å². The summed E-state index contributed by atoms with van der Waals surface area (Å²) >= 11 is 4.77. The third-order valence-corrected chi connectivity index (χ3v) is 6.07. The molecular weight excluding hydrogens is 360 g/mol. The Morgan fingerprint density at radius 2 is 1.29 bits per heavy atom. The predicted octanol–water partition coefficient (Wildman–Crippen LogP) is 8.86. The zero-order valence-electron chi connectivity index (χ0n) is 19.5. The third-order valence-electron chi connectivity index (χ3n) is 5.70. The molecule has 162 valence electrons. The number of aromatic hydroxyl groups is 1. The molecule has 1 aromatic rings. The molecule has 0 atom stereocenters. The molecule has 0 fully saturated rings. The fraction of sp³-hybridized carbons (Fsp3) is 0.769. The van der Waals surface area contributed by atoms with Crippen molar-refractivity contribution in [2.45, 2.75) is 129 Å². The maximum absolute atomic E-state index is 10.6. The fourth-order valence-corrected chi connectivity index (χ4v) is 5.11. The van der Waals surface area contributed by atoms with Gasteiger partial charge in [0.15, 0.2) is 0 Å². The van der Waals surface area contributed by atoms with E-state index >= 15 is 0 Å². The Morgan fingerprint density at radius 1 is 0.786 bits per heavy atom. The lowest BCUT2D eigenvalue weighted by molar-refractivity contribution is 0.281. The van der Waals surface area contributed by atoms with E-state index in [1.807, 2.05) is 6.07 Å². The summed E-state index contributed by atoms with van der Waals surface area (Å²) < 4.78 is 0. The van der Waals surface area contributed by atoms with Crippen LogP contribution in [0.5, 0.6) is 5.75 Å². The number of phenols is 1. The first-order valence-electron chi connectivity index (χ1n) is 11.6. The second kappa shape index (κ2) is 12.2. The highest BCUT2D eigenvalue weighted by atomic mass is 32.1.